The standard InChI is InChI=1S/C16H15BrF2N2O3/c1-3-21(14-7-5-11(17)9-20-14)15(22)10-4-6-12(24-16(18)19)13(8-10)23-2/h4-9,16H,3H2,1-2H3. The molecule has 1 aromatic carbocycles. The number of pyridine rings is 1. The van der Waals surface area contributed by atoms with Crippen molar-refractivity contribution < 1.29 is 23.0 Å². The van der Waals surface area contributed by atoms with Crippen LogP contribution < -0.4 is 14.4 Å². The first kappa shape index (κ1) is 18.1. The molecule has 0 N–H and O–H groups in total. The Labute approximate surface area is 146 Å². The predicted octanol–water partition coefficient (Wildman–Crippen LogP) is 4.12. The third-order valence-electron chi connectivity index (χ3n) is 3.18. The molecule has 0 saturated heterocycles. The van der Waals surface area contributed by atoms with Gasteiger partial charge in [-0.3, -0.25) is 9.69 Å². The minimum atomic E-state index is -2.97. The van der Waals surface area contributed by atoms with Crippen LogP contribution in [0.2, 0.25) is 0 Å². The van der Waals surface area contributed by atoms with Crippen LogP contribution in [0.25, 0.3) is 0 Å². The average molecular weight is 401 g/mol. The van der Waals surface area contributed by atoms with E-state index in [2.05, 4.69) is 25.7 Å². The molecule has 0 atom stereocenters. The Morgan fingerprint density at radius 1 is 1.29 bits per heavy atom. The lowest BCUT2D eigenvalue weighted by atomic mass is 10.1. The summed E-state index contributed by atoms with van der Waals surface area (Å²) in [5.74, 6) is 0.0848. The van der Waals surface area contributed by atoms with E-state index in [4.69, 9.17) is 4.74 Å². The molecule has 128 valence electrons. The molecule has 0 radical (unpaired) electrons. The highest BCUT2D eigenvalue weighted by atomic mass is 79.9. The monoisotopic (exact) mass is 400 g/mol. The fraction of sp³-hybridized carbons (Fsp3) is 0.250. The number of hydrogen-bond donors (Lipinski definition) is 0. The quantitative estimate of drug-likeness (QED) is 0.731. The molecule has 0 aliphatic rings. The smallest absolute Gasteiger partial charge is 0.387 e. The molecule has 1 amide bonds. The second kappa shape index (κ2) is 8.05. The van der Waals surface area contributed by atoms with Crippen molar-refractivity contribution in [3.05, 3.63) is 46.6 Å². The number of rotatable bonds is 6. The second-order valence-electron chi connectivity index (χ2n) is 4.63. The highest BCUT2D eigenvalue weighted by Crippen LogP contribution is 2.30. The van der Waals surface area contributed by atoms with Crippen LogP contribution in [0.15, 0.2) is 41.0 Å². The molecule has 5 nitrogen and oxygen atoms in total. The fourth-order valence-corrected chi connectivity index (χ4v) is 2.32. The van der Waals surface area contributed by atoms with E-state index in [0.717, 1.165) is 4.47 Å². The van der Waals surface area contributed by atoms with Gasteiger partial charge in [-0.2, -0.15) is 8.78 Å². The molecule has 8 heteroatoms. The lowest BCUT2D eigenvalue weighted by Crippen LogP contribution is -2.31. The zero-order valence-corrected chi connectivity index (χ0v) is 14.6. The minimum absolute atomic E-state index is 0.0565. The van der Waals surface area contributed by atoms with Crippen molar-refractivity contribution in [1.82, 2.24) is 4.98 Å². The number of aromatic nitrogens is 1. The molecular weight excluding hydrogens is 386 g/mol. The molecule has 0 aliphatic carbocycles. The lowest BCUT2D eigenvalue weighted by molar-refractivity contribution is -0.0512. The summed E-state index contributed by atoms with van der Waals surface area (Å²) >= 11 is 3.29. The number of nitrogens with zero attached hydrogens (tertiary/aromatic N) is 2. The number of carbonyl (C=O) groups is 1. The summed E-state index contributed by atoms with van der Waals surface area (Å²) in [6.07, 6.45) is 1.59. The summed E-state index contributed by atoms with van der Waals surface area (Å²) in [4.78, 5) is 18.4. The van der Waals surface area contributed by atoms with Gasteiger partial charge in [-0.1, -0.05) is 0 Å². The fourth-order valence-electron chi connectivity index (χ4n) is 2.09. The number of amides is 1. The molecule has 2 aromatic rings. The van der Waals surface area contributed by atoms with Crippen molar-refractivity contribution in [2.24, 2.45) is 0 Å². The summed E-state index contributed by atoms with van der Waals surface area (Å²) in [6.45, 7) is -0.766. The maximum atomic E-state index is 12.7. The van der Waals surface area contributed by atoms with Gasteiger partial charge in [0.2, 0.25) is 0 Å². The number of anilines is 1. The summed E-state index contributed by atoms with van der Waals surface area (Å²) in [5, 5.41) is 0. The average Bonchev–Trinajstić information content (AvgIpc) is 2.57. The summed E-state index contributed by atoms with van der Waals surface area (Å²) < 4.78 is 34.9. The van der Waals surface area contributed by atoms with E-state index in [1.54, 1.807) is 18.3 Å². The van der Waals surface area contributed by atoms with E-state index in [1.165, 1.54) is 30.2 Å². The van der Waals surface area contributed by atoms with Crippen molar-refractivity contribution in [2.75, 3.05) is 18.6 Å². The largest absolute Gasteiger partial charge is 0.493 e. The lowest BCUT2D eigenvalue weighted by Gasteiger charge is -2.20. The van der Waals surface area contributed by atoms with Gasteiger partial charge in [0.15, 0.2) is 11.5 Å². The van der Waals surface area contributed by atoms with Crippen LogP contribution in [0.4, 0.5) is 14.6 Å². The van der Waals surface area contributed by atoms with E-state index >= 15 is 0 Å². The molecule has 0 unspecified atom stereocenters. The van der Waals surface area contributed by atoms with Crippen molar-refractivity contribution in [1.29, 1.82) is 0 Å². The first-order valence-corrected chi connectivity index (χ1v) is 7.81. The number of alkyl halides is 2. The maximum absolute atomic E-state index is 12.7. The molecule has 0 saturated carbocycles. The van der Waals surface area contributed by atoms with Gasteiger partial charge in [-0.05, 0) is 53.2 Å². The number of methoxy groups -OCH3 is 1. The molecule has 1 aromatic heterocycles. The highest BCUT2D eigenvalue weighted by Gasteiger charge is 2.20. The Kier molecular flexibility index (Phi) is 6.08. The number of ether oxygens (including phenoxy) is 2. The molecule has 1 heterocycles. The number of hydrogen-bond acceptors (Lipinski definition) is 4. The van der Waals surface area contributed by atoms with Crippen LogP contribution >= 0.6 is 15.9 Å². The van der Waals surface area contributed by atoms with Crippen molar-refractivity contribution >= 4 is 27.7 Å². The zero-order valence-electron chi connectivity index (χ0n) is 13.0. The van der Waals surface area contributed by atoms with Gasteiger partial charge in [0.25, 0.3) is 5.91 Å². The molecule has 0 aliphatic heterocycles. The van der Waals surface area contributed by atoms with Gasteiger partial charge in [0, 0.05) is 22.8 Å². The SMILES string of the molecule is CCN(C(=O)c1ccc(OC(F)F)c(OC)c1)c1ccc(Br)cn1. The first-order valence-electron chi connectivity index (χ1n) is 7.02. The Balaban J connectivity index is 2.31. The van der Waals surface area contributed by atoms with Gasteiger partial charge < -0.3 is 9.47 Å². The normalized spacial score (nSPS) is 10.6. The van der Waals surface area contributed by atoms with Crippen molar-refractivity contribution in [3.63, 3.8) is 0 Å². The van der Waals surface area contributed by atoms with Crippen molar-refractivity contribution in [2.45, 2.75) is 13.5 Å². The molecule has 0 bridgehead atoms. The van der Waals surface area contributed by atoms with Gasteiger partial charge in [0.05, 0.1) is 7.11 Å². The Bertz CT molecular complexity index is 711. The Morgan fingerprint density at radius 3 is 2.58 bits per heavy atom. The van der Waals surface area contributed by atoms with E-state index in [0.29, 0.717) is 12.4 Å². The van der Waals surface area contributed by atoms with Crippen LogP contribution in [0, 0.1) is 0 Å². The van der Waals surface area contributed by atoms with Gasteiger partial charge in [-0.15, -0.1) is 0 Å². The van der Waals surface area contributed by atoms with Crippen LogP contribution in [-0.4, -0.2) is 31.2 Å². The van der Waals surface area contributed by atoms with Gasteiger partial charge in [-0.25, -0.2) is 4.98 Å². The van der Waals surface area contributed by atoms with Crippen LogP contribution in [0.3, 0.4) is 0 Å². The van der Waals surface area contributed by atoms with Crippen molar-refractivity contribution in [3.8, 4) is 11.5 Å². The summed E-state index contributed by atoms with van der Waals surface area (Å²) in [6, 6.07) is 7.53. The third kappa shape index (κ3) is 4.19. The topological polar surface area (TPSA) is 51.7 Å². The van der Waals surface area contributed by atoms with E-state index in [-0.39, 0.29) is 23.0 Å². The first-order chi connectivity index (χ1) is 11.5. The minimum Gasteiger partial charge on any atom is -0.493 e. The highest BCUT2D eigenvalue weighted by molar-refractivity contribution is 9.10. The van der Waals surface area contributed by atoms with E-state index < -0.39 is 6.61 Å². The molecular formula is C16H15BrF2N2O3. The second-order valence-corrected chi connectivity index (χ2v) is 5.54. The van der Waals surface area contributed by atoms with Crippen LogP contribution in [0.1, 0.15) is 17.3 Å². The summed E-state index contributed by atoms with van der Waals surface area (Å²) in [5.41, 5.74) is 0.278. The Hall–Kier alpha value is -2.22. The zero-order chi connectivity index (χ0) is 17.7. The molecule has 24 heavy (non-hydrogen) atoms. The number of benzene rings is 1. The van der Waals surface area contributed by atoms with E-state index in [1.807, 2.05) is 6.92 Å². The molecule has 0 fully saturated rings. The predicted molar refractivity (Wildman–Crippen MR) is 88.9 cm³/mol. The van der Waals surface area contributed by atoms with Crippen LogP contribution in [0.5, 0.6) is 11.5 Å². The van der Waals surface area contributed by atoms with Gasteiger partial charge in [0.1, 0.15) is 5.82 Å². The Morgan fingerprint density at radius 2 is 2.04 bits per heavy atom. The molecule has 0 spiro atoms. The van der Waals surface area contributed by atoms with E-state index in [9.17, 15) is 13.6 Å². The molecule has 2 rings (SSSR count). The maximum Gasteiger partial charge on any atom is 0.387 e. The number of carbonyl (C=O) groups excluding carboxylic acids is 1. The third-order valence-corrected chi connectivity index (χ3v) is 3.65. The summed E-state index contributed by atoms with van der Waals surface area (Å²) in [7, 11) is 1.32. The van der Waals surface area contributed by atoms with Gasteiger partial charge >= 0.3 is 6.61 Å². The van der Waals surface area contributed by atoms with Crippen LogP contribution in [-0.2, 0) is 0 Å². The number of halogens is 3.